The molecule has 3 rings (SSSR count). The van der Waals surface area contributed by atoms with Crippen molar-refractivity contribution in [2.75, 3.05) is 5.32 Å². The molecular formula is C13H10Cl3N3. The summed E-state index contributed by atoms with van der Waals surface area (Å²) in [5.41, 5.74) is 0.700. The molecule has 0 spiro atoms. The minimum atomic E-state index is 0.428. The van der Waals surface area contributed by atoms with Crippen LogP contribution in [0.2, 0.25) is 15.2 Å². The van der Waals surface area contributed by atoms with E-state index in [2.05, 4.69) is 15.3 Å². The van der Waals surface area contributed by atoms with Crippen LogP contribution in [0.4, 0.5) is 11.5 Å². The Hall–Kier alpha value is -1.03. The number of anilines is 2. The van der Waals surface area contributed by atoms with E-state index in [4.69, 9.17) is 34.8 Å². The van der Waals surface area contributed by atoms with Crippen LogP contribution in [0.1, 0.15) is 24.6 Å². The Morgan fingerprint density at radius 1 is 1.11 bits per heavy atom. The quantitative estimate of drug-likeness (QED) is 0.805. The van der Waals surface area contributed by atoms with Crippen molar-refractivity contribution in [3.8, 4) is 0 Å². The Morgan fingerprint density at radius 2 is 1.89 bits per heavy atom. The third-order valence-electron chi connectivity index (χ3n) is 2.87. The highest BCUT2D eigenvalue weighted by atomic mass is 35.5. The number of rotatable bonds is 3. The molecule has 1 saturated carbocycles. The fraction of sp³-hybridized carbons (Fsp3) is 0.231. The van der Waals surface area contributed by atoms with Gasteiger partial charge < -0.3 is 5.32 Å². The summed E-state index contributed by atoms with van der Waals surface area (Å²) >= 11 is 18.1. The van der Waals surface area contributed by atoms with Crippen LogP contribution in [0.5, 0.6) is 0 Å². The van der Waals surface area contributed by atoms with E-state index in [1.807, 2.05) is 12.1 Å². The number of nitrogens with zero attached hydrogens (tertiary/aromatic N) is 2. The van der Waals surface area contributed by atoms with Gasteiger partial charge in [0.05, 0.1) is 15.7 Å². The second-order valence-corrected chi connectivity index (χ2v) is 5.61. The lowest BCUT2D eigenvalue weighted by molar-refractivity contribution is 0.931. The zero-order valence-corrected chi connectivity index (χ0v) is 12.1. The fourth-order valence-corrected chi connectivity index (χ4v) is 2.30. The lowest BCUT2D eigenvalue weighted by atomic mass is 10.3. The first-order valence-corrected chi connectivity index (χ1v) is 7.02. The average Bonchev–Trinajstić information content (AvgIpc) is 3.18. The number of hydrogen-bond acceptors (Lipinski definition) is 3. The van der Waals surface area contributed by atoms with Crippen LogP contribution in [0, 0.1) is 0 Å². The number of hydrogen-bond donors (Lipinski definition) is 1. The smallest absolute Gasteiger partial charge is 0.135 e. The normalized spacial score (nSPS) is 14.5. The topological polar surface area (TPSA) is 37.8 Å². The molecule has 0 amide bonds. The summed E-state index contributed by atoms with van der Waals surface area (Å²) < 4.78 is 0. The van der Waals surface area contributed by atoms with Crippen molar-refractivity contribution in [1.29, 1.82) is 0 Å². The standard InChI is InChI=1S/C13H10Cl3N3/c14-8-2-1-3-9(12(8)16)17-11-6-10(15)18-13(19-11)7-4-5-7/h1-3,6-7H,4-5H2,(H,17,18,19). The number of aromatic nitrogens is 2. The molecule has 2 aromatic rings. The van der Waals surface area contributed by atoms with Gasteiger partial charge in [-0.05, 0) is 25.0 Å². The van der Waals surface area contributed by atoms with Crippen LogP contribution in [-0.4, -0.2) is 9.97 Å². The van der Waals surface area contributed by atoms with Crippen molar-refractivity contribution in [1.82, 2.24) is 9.97 Å². The van der Waals surface area contributed by atoms with Crippen LogP contribution in [0.3, 0.4) is 0 Å². The molecule has 0 bridgehead atoms. The van der Waals surface area contributed by atoms with E-state index >= 15 is 0 Å². The van der Waals surface area contributed by atoms with E-state index in [1.54, 1.807) is 12.1 Å². The van der Waals surface area contributed by atoms with Gasteiger partial charge in [0.2, 0.25) is 0 Å². The fourth-order valence-electron chi connectivity index (χ4n) is 1.76. The summed E-state index contributed by atoms with van der Waals surface area (Å²) in [5, 5.41) is 4.51. The van der Waals surface area contributed by atoms with Crippen LogP contribution in [-0.2, 0) is 0 Å². The van der Waals surface area contributed by atoms with Crippen molar-refractivity contribution < 1.29 is 0 Å². The number of benzene rings is 1. The van der Waals surface area contributed by atoms with Crippen LogP contribution in [0.25, 0.3) is 0 Å². The third-order valence-corrected chi connectivity index (χ3v) is 3.88. The first kappa shape index (κ1) is 13.0. The van der Waals surface area contributed by atoms with Gasteiger partial charge in [0.25, 0.3) is 0 Å². The largest absolute Gasteiger partial charge is 0.339 e. The molecule has 1 aromatic heterocycles. The molecular weight excluding hydrogens is 305 g/mol. The van der Waals surface area contributed by atoms with Gasteiger partial charge in [-0.25, -0.2) is 9.97 Å². The molecule has 0 saturated heterocycles. The molecule has 0 unspecified atom stereocenters. The molecule has 1 fully saturated rings. The van der Waals surface area contributed by atoms with E-state index in [1.165, 1.54) is 0 Å². The molecule has 1 N–H and O–H groups in total. The lowest BCUT2D eigenvalue weighted by Gasteiger charge is -2.09. The molecule has 1 aromatic carbocycles. The second-order valence-electron chi connectivity index (χ2n) is 4.43. The van der Waals surface area contributed by atoms with Gasteiger partial charge in [0, 0.05) is 12.0 Å². The molecule has 98 valence electrons. The van der Waals surface area contributed by atoms with Crippen molar-refractivity contribution in [3.05, 3.63) is 45.3 Å². The van der Waals surface area contributed by atoms with E-state index in [0.29, 0.717) is 32.6 Å². The van der Waals surface area contributed by atoms with Crippen LogP contribution >= 0.6 is 34.8 Å². The maximum Gasteiger partial charge on any atom is 0.135 e. The van der Waals surface area contributed by atoms with Crippen molar-refractivity contribution in [2.24, 2.45) is 0 Å². The third kappa shape index (κ3) is 2.94. The Morgan fingerprint density at radius 3 is 2.63 bits per heavy atom. The van der Waals surface area contributed by atoms with Gasteiger partial charge in [0.15, 0.2) is 0 Å². The van der Waals surface area contributed by atoms with Crippen LogP contribution < -0.4 is 5.32 Å². The van der Waals surface area contributed by atoms with Gasteiger partial charge in [-0.2, -0.15) is 0 Å². The van der Waals surface area contributed by atoms with Crippen molar-refractivity contribution >= 4 is 46.3 Å². The second kappa shape index (κ2) is 5.16. The highest BCUT2D eigenvalue weighted by Gasteiger charge is 2.27. The van der Waals surface area contributed by atoms with Gasteiger partial charge >= 0.3 is 0 Å². The Bertz CT molecular complexity index is 627. The minimum Gasteiger partial charge on any atom is -0.339 e. The highest BCUT2D eigenvalue weighted by molar-refractivity contribution is 6.43. The van der Waals surface area contributed by atoms with E-state index in [0.717, 1.165) is 18.7 Å². The van der Waals surface area contributed by atoms with Gasteiger partial charge in [0.1, 0.15) is 16.8 Å². The molecule has 1 heterocycles. The van der Waals surface area contributed by atoms with Crippen molar-refractivity contribution in [3.63, 3.8) is 0 Å². The molecule has 0 radical (unpaired) electrons. The molecule has 6 heteroatoms. The minimum absolute atomic E-state index is 0.428. The summed E-state index contributed by atoms with van der Waals surface area (Å²) in [7, 11) is 0. The first-order valence-electron chi connectivity index (χ1n) is 5.89. The zero-order chi connectivity index (χ0) is 13.4. The summed E-state index contributed by atoms with van der Waals surface area (Å²) in [6.07, 6.45) is 2.25. The van der Waals surface area contributed by atoms with Crippen molar-refractivity contribution in [2.45, 2.75) is 18.8 Å². The lowest BCUT2D eigenvalue weighted by Crippen LogP contribution is -2.00. The predicted octanol–water partition coefficient (Wildman–Crippen LogP) is 5.06. The monoisotopic (exact) mass is 313 g/mol. The molecule has 3 nitrogen and oxygen atoms in total. The molecule has 0 aliphatic heterocycles. The van der Waals surface area contributed by atoms with Gasteiger partial charge in [-0.1, -0.05) is 40.9 Å². The summed E-state index contributed by atoms with van der Waals surface area (Å²) in [5.74, 6) is 1.85. The predicted molar refractivity (Wildman–Crippen MR) is 78.8 cm³/mol. The SMILES string of the molecule is Clc1cc(Nc2cccc(Cl)c2Cl)nc(C2CC2)n1. The van der Waals surface area contributed by atoms with E-state index in [-0.39, 0.29) is 0 Å². The van der Waals surface area contributed by atoms with Gasteiger partial charge in [-0.3, -0.25) is 0 Å². The number of nitrogens with one attached hydrogen (secondary N) is 1. The maximum absolute atomic E-state index is 6.13. The first-order chi connectivity index (χ1) is 9.13. The molecule has 19 heavy (non-hydrogen) atoms. The van der Waals surface area contributed by atoms with E-state index < -0.39 is 0 Å². The Labute approximate surface area is 125 Å². The van der Waals surface area contributed by atoms with Gasteiger partial charge in [-0.15, -0.1) is 0 Å². The summed E-state index contributed by atoms with van der Waals surface area (Å²) in [6, 6.07) is 7.06. The highest BCUT2D eigenvalue weighted by Crippen LogP contribution is 2.39. The van der Waals surface area contributed by atoms with Crippen LogP contribution in [0.15, 0.2) is 24.3 Å². The average molecular weight is 315 g/mol. The molecule has 1 aliphatic rings. The Kier molecular flexibility index (Phi) is 3.52. The summed E-state index contributed by atoms with van der Waals surface area (Å²) in [4.78, 5) is 8.69. The summed E-state index contributed by atoms with van der Waals surface area (Å²) in [6.45, 7) is 0. The molecule has 1 aliphatic carbocycles. The molecule has 0 atom stereocenters. The van der Waals surface area contributed by atoms with E-state index in [9.17, 15) is 0 Å². The number of halogens is 3. The Balaban J connectivity index is 1.92. The maximum atomic E-state index is 6.13. The zero-order valence-electron chi connectivity index (χ0n) is 9.83.